The van der Waals surface area contributed by atoms with Crippen molar-refractivity contribution < 1.29 is 17.9 Å². The minimum atomic E-state index is -3.75. The summed E-state index contributed by atoms with van der Waals surface area (Å²) in [6.07, 6.45) is 4.04. The Labute approximate surface area is 124 Å². The number of rotatable bonds is 8. The van der Waals surface area contributed by atoms with Crippen molar-refractivity contribution in [1.82, 2.24) is 14.5 Å². The number of nitrogens with zero attached hydrogens (tertiary/aromatic N) is 2. The molecule has 0 spiro atoms. The molecule has 1 fully saturated rings. The molecule has 21 heavy (non-hydrogen) atoms. The molecule has 0 bridgehead atoms. The standard InChI is InChI=1S/C13H21N3O4S/c1-3-7-16(9-10-5-6-10)21(18,19)12-11(8-14-15-12)13(17)20-4-2/h8,10H,3-7,9H2,1-2H3,(H,14,15). The Balaban J connectivity index is 2.28. The van der Waals surface area contributed by atoms with Crippen LogP contribution in [0.5, 0.6) is 0 Å². The van der Waals surface area contributed by atoms with Gasteiger partial charge in [0.25, 0.3) is 10.0 Å². The molecule has 1 N–H and O–H groups in total. The van der Waals surface area contributed by atoms with Gasteiger partial charge in [-0.25, -0.2) is 13.2 Å². The monoisotopic (exact) mass is 315 g/mol. The second-order valence-electron chi connectivity index (χ2n) is 5.14. The number of H-pyrrole nitrogens is 1. The summed E-state index contributed by atoms with van der Waals surface area (Å²) in [6.45, 7) is 4.71. The Morgan fingerprint density at radius 3 is 2.76 bits per heavy atom. The Bertz CT molecular complexity index is 592. The minimum Gasteiger partial charge on any atom is -0.462 e. The highest BCUT2D eigenvalue weighted by atomic mass is 32.2. The fourth-order valence-corrected chi connectivity index (χ4v) is 3.77. The first-order valence-electron chi connectivity index (χ1n) is 7.21. The SMILES string of the molecule is CCCN(CC1CC1)S(=O)(=O)c1[nH]ncc1C(=O)OCC. The zero-order valence-electron chi connectivity index (χ0n) is 12.3. The van der Waals surface area contributed by atoms with Gasteiger partial charge in [0.2, 0.25) is 0 Å². The predicted octanol–water partition coefficient (Wildman–Crippen LogP) is 1.40. The van der Waals surface area contributed by atoms with Crippen LogP contribution in [0.25, 0.3) is 0 Å². The summed E-state index contributed by atoms with van der Waals surface area (Å²) < 4.78 is 31.8. The number of carbonyl (C=O) groups excluding carboxylic acids is 1. The van der Waals surface area contributed by atoms with E-state index >= 15 is 0 Å². The van der Waals surface area contributed by atoms with Crippen molar-refractivity contribution in [3.8, 4) is 0 Å². The number of aromatic nitrogens is 2. The van der Waals surface area contributed by atoms with Crippen LogP contribution >= 0.6 is 0 Å². The first-order chi connectivity index (χ1) is 10.0. The van der Waals surface area contributed by atoms with E-state index in [0.717, 1.165) is 19.3 Å². The average molecular weight is 315 g/mol. The zero-order chi connectivity index (χ0) is 15.5. The third kappa shape index (κ3) is 3.62. The minimum absolute atomic E-state index is 0.0336. The Morgan fingerprint density at radius 1 is 1.48 bits per heavy atom. The molecule has 0 atom stereocenters. The van der Waals surface area contributed by atoms with Crippen molar-refractivity contribution in [3.63, 3.8) is 0 Å². The topological polar surface area (TPSA) is 92.4 Å². The van der Waals surface area contributed by atoms with Gasteiger partial charge in [-0.1, -0.05) is 6.92 Å². The highest BCUT2D eigenvalue weighted by Crippen LogP contribution is 2.32. The summed E-state index contributed by atoms with van der Waals surface area (Å²) in [6, 6.07) is 0. The van der Waals surface area contributed by atoms with Crippen LogP contribution in [0.1, 0.15) is 43.5 Å². The normalized spacial score (nSPS) is 15.4. The van der Waals surface area contributed by atoms with E-state index in [1.54, 1.807) is 6.92 Å². The summed E-state index contributed by atoms with van der Waals surface area (Å²) in [7, 11) is -3.75. The molecule has 0 aromatic carbocycles. The van der Waals surface area contributed by atoms with Gasteiger partial charge in [0, 0.05) is 13.1 Å². The predicted molar refractivity (Wildman–Crippen MR) is 76.3 cm³/mol. The van der Waals surface area contributed by atoms with Gasteiger partial charge in [0.15, 0.2) is 5.03 Å². The van der Waals surface area contributed by atoms with Gasteiger partial charge in [-0.3, -0.25) is 5.10 Å². The Hall–Kier alpha value is -1.41. The summed E-state index contributed by atoms with van der Waals surface area (Å²) in [5.74, 6) is -0.243. The lowest BCUT2D eigenvalue weighted by Crippen LogP contribution is -2.34. The van der Waals surface area contributed by atoms with E-state index in [2.05, 4.69) is 10.2 Å². The maximum atomic E-state index is 12.7. The van der Waals surface area contributed by atoms with Crippen molar-refractivity contribution in [2.24, 2.45) is 5.92 Å². The summed E-state index contributed by atoms with van der Waals surface area (Å²) in [4.78, 5) is 11.8. The van der Waals surface area contributed by atoms with E-state index in [1.807, 2.05) is 6.92 Å². The first kappa shape index (κ1) is 16.0. The summed E-state index contributed by atoms with van der Waals surface area (Å²) >= 11 is 0. The molecule has 7 nitrogen and oxygen atoms in total. The second kappa shape index (κ2) is 6.57. The fraction of sp³-hybridized carbons (Fsp3) is 0.692. The molecule has 8 heteroatoms. The summed E-state index contributed by atoms with van der Waals surface area (Å²) in [5.41, 5.74) is -0.0336. The molecule has 0 unspecified atom stereocenters. The van der Waals surface area contributed by atoms with Gasteiger partial charge in [-0.05, 0) is 32.1 Å². The second-order valence-corrected chi connectivity index (χ2v) is 7.01. The lowest BCUT2D eigenvalue weighted by Gasteiger charge is -2.20. The van der Waals surface area contributed by atoms with Crippen LogP contribution in [0, 0.1) is 5.92 Å². The van der Waals surface area contributed by atoms with Crippen LogP contribution in [0.2, 0.25) is 0 Å². The van der Waals surface area contributed by atoms with Crippen LogP contribution in [0.3, 0.4) is 0 Å². The molecule has 0 amide bonds. The highest BCUT2D eigenvalue weighted by Gasteiger charge is 2.35. The lowest BCUT2D eigenvalue weighted by molar-refractivity contribution is 0.0521. The number of hydrogen-bond donors (Lipinski definition) is 1. The van der Waals surface area contributed by atoms with Gasteiger partial charge in [-0.15, -0.1) is 0 Å². The average Bonchev–Trinajstić information content (AvgIpc) is 3.10. The van der Waals surface area contributed by atoms with Crippen LogP contribution in [-0.4, -0.2) is 48.6 Å². The maximum absolute atomic E-state index is 12.7. The molecule has 0 aliphatic heterocycles. The maximum Gasteiger partial charge on any atom is 0.342 e. The molecule has 1 heterocycles. The third-order valence-corrected chi connectivity index (χ3v) is 5.17. The van der Waals surface area contributed by atoms with Gasteiger partial charge in [0.05, 0.1) is 12.8 Å². The molecular weight excluding hydrogens is 294 g/mol. The number of ether oxygens (including phenoxy) is 1. The smallest absolute Gasteiger partial charge is 0.342 e. The Morgan fingerprint density at radius 2 is 2.19 bits per heavy atom. The molecule has 1 aliphatic rings. The zero-order valence-corrected chi connectivity index (χ0v) is 13.1. The van der Waals surface area contributed by atoms with Crippen molar-refractivity contribution >= 4 is 16.0 Å². The number of sulfonamides is 1. The van der Waals surface area contributed by atoms with Crippen molar-refractivity contribution in [2.45, 2.75) is 38.1 Å². The van der Waals surface area contributed by atoms with Crippen LogP contribution < -0.4 is 0 Å². The largest absolute Gasteiger partial charge is 0.462 e. The van der Waals surface area contributed by atoms with E-state index in [1.165, 1.54) is 10.5 Å². The molecule has 0 saturated heterocycles. The van der Waals surface area contributed by atoms with Crippen molar-refractivity contribution in [2.75, 3.05) is 19.7 Å². The van der Waals surface area contributed by atoms with Crippen molar-refractivity contribution in [3.05, 3.63) is 11.8 Å². The number of nitrogens with one attached hydrogen (secondary N) is 1. The van der Waals surface area contributed by atoms with E-state index in [9.17, 15) is 13.2 Å². The molecule has 2 rings (SSSR count). The van der Waals surface area contributed by atoms with E-state index in [-0.39, 0.29) is 17.2 Å². The van der Waals surface area contributed by atoms with Crippen LogP contribution in [-0.2, 0) is 14.8 Å². The number of carbonyl (C=O) groups is 1. The molecule has 1 aliphatic carbocycles. The lowest BCUT2D eigenvalue weighted by atomic mass is 10.4. The number of aromatic amines is 1. The molecular formula is C13H21N3O4S. The summed E-state index contributed by atoms with van der Waals surface area (Å²) in [5, 5.41) is 5.96. The molecule has 0 radical (unpaired) electrons. The first-order valence-corrected chi connectivity index (χ1v) is 8.65. The van der Waals surface area contributed by atoms with E-state index in [0.29, 0.717) is 19.0 Å². The van der Waals surface area contributed by atoms with Crippen LogP contribution in [0.4, 0.5) is 0 Å². The number of esters is 1. The van der Waals surface area contributed by atoms with E-state index < -0.39 is 16.0 Å². The quantitative estimate of drug-likeness (QED) is 0.732. The van der Waals surface area contributed by atoms with Gasteiger partial charge in [-0.2, -0.15) is 9.40 Å². The van der Waals surface area contributed by atoms with Crippen LogP contribution in [0.15, 0.2) is 11.2 Å². The number of hydrogen-bond acceptors (Lipinski definition) is 5. The van der Waals surface area contributed by atoms with Crippen molar-refractivity contribution in [1.29, 1.82) is 0 Å². The highest BCUT2D eigenvalue weighted by molar-refractivity contribution is 7.89. The van der Waals surface area contributed by atoms with Gasteiger partial charge >= 0.3 is 5.97 Å². The van der Waals surface area contributed by atoms with Gasteiger partial charge in [0.1, 0.15) is 5.56 Å². The Kier molecular flexibility index (Phi) is 5.00. The van der Waals surface area contributed by atoms with E-state index in [4.69, 9.17) is 4.74 Å². The third-order valence-electron chi connectivity index (χ3n) is 3.33. The van der Waals surface area contributed by atoms with Gasteiger partial charge < -0.3 is 4.74 Å². The molecule has 118 valence electrons. The molecule has 1 aromatic rings. The fourth-order valence-electron chi connectivity index (χ4n) is 2.10. The molecule has 1 saturated carbocycles. The molecule has 1 aromatic heterocycles.